The molecule has 2 aromatic heterocycles. The summed E-state index contributed by atoms with van der Waals surface area (Å²) in [6.45, 7) is -0.00300. The van der Waals surface area contributed by atoms with E-state index in [1.165, 1.54) is 63.7 Å². The van der Waals surface area contributed by atoms with Gasteiger partial charge in [-0.15, -0.1) is 0 Å². The Labute approximate surface area is 181 Å². The largest absolute Gasteiger partial charge is 0.501 e. The molecule has 0 fully saturated rings. The standard InChI is InChI=1S/C21H20FN5O5/c1-25(2)20(31)21(32)26(3)14-5-4-10-27-17(14)24-15(16(28)19(27)30)18(29)23-11-12-6-8-13(22)9-7-12/h4-10,28H,11H2,1-3H3,(H,23,29). The van der Waals surface area contributed by atoms with Gasteiger partial charge >= 0.3 is 17.4 Å². The molecule has 0 spiro atoms. The van der Waals surface area contributed by atoms with Crippen LogP contribution in [-0.2, 0) is 16.1 Å². The summed E-state index contributed by atoms with van der Waals surface area (Å²) in [6.07, 6.45) is 1.31. The Morgan fingerprint density at radius 2 is 1.75 bits per heavy atom. The van der Waals surface area contributed by atoms with Crippen LogP contribution in [0.15, 0.2) is 47.4 Å². The number of carbonyl (C=O) groups excluding carboxylic acids is 3. The van der Waals surface area contributed by atoms with E-state index >= 15 is 0 Å². The van der Waals surface area contributed by atoms with Crippen LogP contribution in [0.2, 0.25) is 0 Å². The van der Waals surface area contributed by atoms with Crippen molar-refractivity contribution >= 4 is 29.1 Å². The number of pyridine rings is 1. The van der Waals surface area contributed by atoms with E-state index in [0.717, 1.165) is 14.2 Å². The average molecular weight is 441 g/mol. The van der Waals surface area contributed by atoms with Crippen LogP contribution in [0.4, 0.5) is 10.1 Å². The van der Waals surface area contributed by atoms with Gasteiger partial charge < -0.3 is 20.2 Å². The molecule has 0 aliphatic heterocycles. The Balaban J connectivity index is 2.00. The SMILES string of the molecule is CN(C)C(=O)C(=O)N(C)c1cccn2c(=O)c(O)c(C(=O)NCc3ccc(F)cc3)nc12. The lowest BCUT2D eigenvalue weighted by Crippen LogP contribution is -2.41. The molecule has 0 unspecified atom stereocenters. The van der Waals surface area contributed by atoms with E-state index in [9.17, 15) is 28.7 Å². The lowest BCUT2D eigenvalue weighted by atomic mass is 10.2. The number of likely N-dealkylation sites (N-methyl/N-ethyl adjacent to an activating group) is 2. The maximum atomic E-state index is 13.0. The number of hydrogen-bond acceptors (Lipinski definition) is 6. The van der Waals surface area contributed by atoms with Gasteiger partial charge in [-0.25, -0.2) is 9.37 Å². The van der Waals surface area contributed by atoms with Crippen molar-refractivity contribution in [2.24, 2.45) is 0 Å². The molecule has 0 atom stereocenters. The third-order valence-electron chi connectivity index (χ3n) is 4.65. The molecule has 3 amide bonds. The summed E-state index contributed by atoms with van der Waals surface area (Å²) in [7, 11) is 4.16. The Morgan fingerprint density at radius 3 is 2.38 bits per heavy atom. The fraction of sp³-hybridized carbons (Fsp3) is 0.190. The Hall–Kier alpha value is -4.28. The fourth-order valence-corrected chi connectivity index (χ4v) is 2.87. The summed E-state index contributed by atoms with van der Waals surface area (Å²) in [5.74, 6) is -3.84. The second kappa shape index (κ2) is 8.84. The minimum absolute atomic E-state index is 0.00300. The molecule has 2 heterocycles. The number of aromatic nitrogens is 2. The normalized spacial score (nSPS) is 10.6. The predicted octanol–water partition coefficient (Wildman–Crippen LogP) is 0.520. The smallest absolute Gasteiger partial charge is 0.316 e. The first kappa shape index (κ1) is 22.4. The van der Waals surface area contributed by atoms with Crippen LogP contribution in [-0.4, -0.2) is 58.3 Å². The quantitative estimate of drug-likeness (QED) is 0.569. The molecule has 0 aliphatic rings. The van der Waals surface area contributed by atoms with Gasteiger partial charge in [-0.1, -0.05) is 12.1 Å². The summed E-state index contributed by atoms with van der Waals surface area (Å²) in [6, 6.07) is 8.28. The van der Waals surface area contributed by atoms with Crippen LogP contribution >= 0.6 is 0 Å². The van der Waals surface area contributed by atoms with Gasteiger partial charge in [0.25, 0.3) is 5.91 Å². The van der Waals surface area contributed by atoms with E-state index in [4.69, 9.17) is 0 Å². The van der Waals surface area contributed by atoms with Gasteiger partial charge in [0.05, 0.1) is 5.69 Å². The number of nitrogens with one attached hydrogen (secondary N) is 1. The molecule has 0 saturated heterocycles. The van der Waals surface area contributed by atoms with Crippen molar-refractivity contribution in [3.63, 3.8) is 0 Å². The van der Waals surface area contributed by atoms with E-state index in [-0.39, 0.29) is 17.9 Å². The first-order valence-corrected chi connectivity index (χ1v) is 9.38. The molecular formula is C21H20FN5O5. The van der Waals surface area contributed by atoms with Crippen LogP contribution in [0.3, 0.4) is 0 Å². The summed E-state index contributed by atoms with van der Waals surface area (Å²) in [4.78, 5) is 55.9. The van der Waals surface area contributed by atoms with Gasteiger partial charge in [-0.05, 0) is 29.8 Å². The zero-order chi connectivity index (χ0) is 23.6. The Kier molecular flexibility index (Phi) is 6.19. The van der Waals surface area contributed by atoms with Crippen LogP contribution in [0.5, 0.6) is 5.75 Å². The van der Waals surface area contributed by atoms with Crippen molar-refractivity contribution in [1.29, 1.82) is 0 Å². The number of benzene rings is 1. The van der Waals surface area contributed by atoms with Gasteiger partial charge in [0.1, 0.15) is 5.82 Å². The predicted molar refractivity (Wildman–Crippen MR) is 113 cm³/mol. The van der Waals surface area contributed by atoms with Crippen molar-refractivity contribution in [2.45, 2.75) is 6.54 Å². The minimum atomic E-state index is -0.927. The highest BCUT2D eigenvalue weighted by molar-refractivity contribution is 6.40. The first-order valence-electron chi connectivity index (χ1n) is 9.38. The number of nitrogens with zero attached hydrogens (tertiary/aromatic N) is 4. The highest BCUT2D eigenvalue weighted by atomic mass is 19.1. The lowest BCUT2D eigenvalue weighted by molar-refractivity contribution is -0.142. The summed E-state index contributed by atoms with van der Waals surface area (Å²) in [5, 5.41) is 12.8. The molecule has 0 radical (unpaired) electrons. The average Bonchev–Trinajstić information content (AvgIpc) is 2.78. The van der Waals surface area contributed by atoms with Crippen LogP contribution in [0, 0.1) is 5.82 Å². The van der Waals surface area contributed by atoms with Crippen LogP contribution in [0.25, 0.3) is 5.65 Å². The van der Waals surface area contributed by atoms with Gasteiger partial charge in [0.15, 0.2) is 11.3 Å². The number of hydrogen-bond donors (Lipinski definition) is 2. The van der Waals surface area contributed by atoms with Gasteiger partial charge in [0, 0.05) is 33.9 Å². The molecule has 32 heavy (non-hydrogen) atoms. The molecule has 2 N–H and O–H groups in total. The molecule has 0 aliphatic carbocycles. The molecule has 10 nitrogen and oxygen atoms in total. The highest BCUT2D eigenvalue weighted by Crippen LogP contribution is 2.21. The molecular weight excluding hydrogens is 421 g/mol. The Bertz CT molecular complexity index is 1270. The van der Waals surface area contributed by atoms with E-state index in [0.29, 0.717) is 5.56 Å². The minimum Gasteiger partial charge on any atom is -0.501 e. The second-order valence-corrected chi connectivity index (χ2v) is 7.07. The van der Waals surface area contributed by atoms with Crippen molar-refractivity contribution in [2.75, 3.05) is 26.0 Å². The molecule has 11 heteroatoms. The third-order valence-corrected chi connectivity index (χ3v) is 4.65. The summed E-state index contributed by atoms with van der Waals surface area (Å²) >= 11 is 0. The number of aromatic hydroxyl groups is 1. The van der Waals surface area contributed by atoms with E-state index < -0.39 is 40.5 Å². The van der Waals surface area contributed by atoms with Gasteiger partial charge in [-0.3, -0.25) is 23.6 Å². The van der Waals surface area contributed by atoms with Gasteiger partial charge in [-0.2, -0.15) is 0 Å². The molecule has 1 aromatic carbocycles. The zero-order valence-electron chi connectivity index (χ0n) is 17.5. The molecule has 166 valence electrons. The first-order chi connectivity index (χ1) is 15.1. The second-order valence-electron chi connectivity index (χ2n) is 7.07. The third kappa shape index (κ3) is 4.26. The highest BCUT2D eigenvalue weighted by Gasteiger charge is 2.26. The maximum absolute atomic E-state index is 13.0. The number of rotatable bonds is 4. The van der Waals surface area contributed by atoms with E-state index in [1.807, 2.05) is 0 Å². The molecule has 0 bridgehead atoms. The molecule has 3 rings (SSSR count). The van der Waals surface area contributed by atoms with Crippen LogP contribution < -0.4 is 15.8 Å². The number of halogens is 1. The van der Waals surface area contributed by atoms with Crippen LogP contribution in [0.1, 0.15) is 16.1 Å². The summed E-state index contributed by atoms with van der Waals surface area (Å²) < 4.78 is 14.0. The van der Waals surface area contributed by atoms with Crippen molar-refractivity contribution < 1.29 is 23.9 Å². The topological polar surface area (TPSA) is 124 Å². The number of fused-ring (bicyclic) bond motifs is 1. The Morgan fingerprint density at radius 1 is 1.09 bits per heavy atom. The van der Waals surface area contributed by atoms with E-state index in [2.05, 4.69) is 10.3 Å². The van der Waals surface area contributed by atoms with Crippen molar-refractivity contribution in [3.8, 4) is 5.75 Å². The summed E-state index contributed by atoms with van der Waals surface area (Å²) in [5.41, 5.74) is -0.917. The molecule has 0 saturated carbocycles. The lowest BCUT2D eigenvalue weighted by Gasteiger charge is -2.20. The van der Waals surface area contributed by atoms with Crippen molar-refractivity contribution in [3.05, 3.63) is 70.0 Å². The zero-order valence-corrected chi connectivity index (χ0v) is 17.5. The maximum Gasteiger partial charge on any atom is 0.316 e. The number of carbonyl (C=O) groups is 3. The number of amides is 3. The van der Waals surface area contributed by atoms with E-state index in [1.54, 1.807) is 0 Å². The monoisotopic (exact) mass is 441 g/mol. The fourth-order valence-electron chi connectivity index (χ4n) is 2.87. The van der Waals surface area contributed by atoms with Gasteiger partial charge in [0.2, 0.25) is 5.75 Å². The number of anilines is 1. The molecule has 3 aromatic rings. The van der Waals surface area contributed by atoms with Crippen molar-refractivity contribution in [1.82, 2.24) is 19.6 Å².